The molecule has 0 unspecified atom stereocenters. The minimum Gasteiger partial charge on any atom is -0.483 e. The van der Waals surface area contributed by atoms with E-state index in [0.717, 1.165) is 23.3 Å². The third-order valence-electron chi connectivity index (χ3n) is 3.16. The fraction of sp³-hybridized carbons (Fsp3) is 0.533. The van der Waals surface area contributed by atoms with Crippen molar-refractivity contribution in [1.29, 1.82) is 0 Å². The molecule has 0 saturated carbocycles. The largest absolute Gasteiger partial charge is 0.483 e. The Bertz CT molecular complexity index is 415. The number of nitrogens with two attached hydrogens (primary N) is 1. The summed E-state index contributed by atoms with van der Waals surface area (Å²) in [4.78, 5) is 13.7. The Morgan fingerprint density at radius 3 is 2.58 bits per heavy atom. The zero-order valence-electron chi connectivity index (χ0n) is 12.1. The second-order valence-corrected chi connectivity index (χ2v) is 4.46. The Hall–Kier alpha value is -1.55. The van der Waals surface area contributed by atoms with Crippen LogP contribution in [0.5, 0.6) is 5.75 Å². The van der Waals surface area contributed by atoms with Crippen LogP contribution in [-0.4, -0.2) is 37.0 Å². The number of para-hydroxylation sites is 1. The first-order valence-electron chi connectivity index (χ1n) is 6.83. The highest BCUT2D eigenvalue weighted by molar-refractivity contribution is 5.77. The van der Waals surface area contributed by atoms with Gasteiger partial charge in [0, 0.05) is 13.1 Å². The highest BCUT2D eigenvalue weighted by Crippen LogP contribution is 2.23. The fourth-order valence-corrected chi connectivity index (χ4v) is 2.07. The first-order chi connectivity index (χ1) is 9.13. The minimum absolute atomic E-state index is 0.0203. The van der Waals surface area contributed by atoms with E-state index in [1.807, 2.05) is 39.0 Å². The number of ether oxygens (including phenoxy) is 1. The molecule has 0 fully saturated rings. The van der Waals surface area contributed by atoms with Crippen LogP contribution < -0.4 is 10.5 Å². The quantitative estimate of drug-likeness (QED) is 0.816. The molecule has 1 rings (SSSR count). The van der Waals surface area contributed by atoms with Gasteiger partial charge < -0.3 is 15.4 Å². The third kappa shape index (κ3) is 4.24. The molecular weight excluding hydrogens is 240 g/mol. The molecule has 4 heteroatoms. The molecule has 1 amide bonds. The van der Waals surface area contributed by atoms with E-state index in [9.17, 15) is 4.79 Å². The molecule has 0 aromatic heterocycles. The van der Waals surface area contributed by atoms with Gasteiger partial charge in [0.25, 0.3) is 5.91 Å². The maximum Gasteiger partial charge on any atom is 0.260 e. The van der Waals surface area contributed by atoms with Gasteiger partial charge in [-0.3, -0.25) is 4.79 Å². The van der Waals surface area contributed by atoms with Gasteiger partial charge >= 0.3 is 0 Å². The predicted molar refractivity (Wildman–Crippen MR) is 77.4 cm³/mol. The number of aryl methyl sites for hydroxylation is 1. The summed E-state index contributed by atoms with van der Waals surface area (Å²) in [7, 11) is 0. The molecule has 0 aliphatic heterocycles. The standard InChI is InChI=1S/C15H24N2O2/c1-4-17(5-2)14(18)11-19-15-12(3)7-6-8-13(15)9-10-16/h6-8H,4-5,9-11,16H2,1-3H3. The van der Waals surface area contributed by atoms with Crippen molar-refractivity contribution in [2.45, 2.75) is 27.2 Å². The van der Waals surface area contributed by atoms with Crippen molar-refractivity contribution in [3.8, 4) is 5.75 Å². The molecule has 0 radical (unpaired) electrons. The molecule has 0 spiro atoms. The molecule has 19 heavy (non-hydrogen) atoms. The summed E-state index contributed by atoms with van der Waals surface area (Å²) < 4.78 is 5.72. The minimum atomic E-state index is 0.0203. The molecule has 0 aliphatic rings. The molecule has 2 N–H and O–H groups in total. The summed E-state index contributed by atoms with van der Waals surface area (Å²) in [6.45, 7) is 8.00. The zero-order chi connectivity index (χ0) is 14.3. The molecule has 0 aliphatic carbocycles. The topological polar surface area (TPSA) is 55.6 Å². The Morgan fingerprint density at radius 2 is 2.00 bits per heavy atom. The molecular formula is C15H24N2O2. The van der Waals surface area contributed by atoms with Gasteiger partial charge in [0.05, 0.1) is 0 Å². The maximum absolute atomic E-state index is 11.9. The molecule has 0 atom stereocenters. The number of hydrogen-bond donors (Lipinski definition) is 1. The lowest BCUT2D eigenvalue weighted by atomic mass is 10.1. The first-order valence-corrected chi connectivity index (χ1v) is 6.83. The highest BCUT2D eigenvalue weighted by atomic mass is 16.5. The lowest BCUT2D eigenvalue weighted by molar-refractivity contribution is -0.132. The Morgan fingerprint density at radius 1 is 1.32 bits per heavy atom. The lowest BCUT2D eigenvalue weighted by Gasteiger charge is -2.20. The molecule has 0 bridgehead atoms. The van der Waals surface area contributed by atoms with E-state index >= 15 is 0 Å². The molecule has 0 heterocycles. The number of carbonyl (C=O) groups excluding carboxylic acids is 1. The van der Waals surface area contributed by atoms with Gasteiger partial charge in [0.2, 0.25) is 0 Å². The predicted octanol–water partition coefficient (Wildman–Crippen LogP) is 1.74. The summed E-state index contributed by atoms with van der Waals surface area (Å²) in [5, 5.41) is 0. The first kappa shape index (κ1) is 15.5. The normalized spacial score (nSPS) is 10.3. The number of hydrogen-bond acceptors (Lipinski definition) is 3. The van der Waals surface area contributed by atoms with Crippen molar-refractivity contribution in [2.75, 3.05) is 26.2 Å². The fourth-order valence-electron chi connectivity index (χ4n) is 2.07. The van der Waals surface area contributed by atoms with Gasteiger partial charge in [0.15, 0.2) is 6.61 Å². The number of benzene rings is 1. The van der Waals surface area contributed by atoms with Gasteiger partial charge in [-0.25, -0.2) is 0 Å². The number of carbonyl (C=O) groups is 1. The Balaban J connectivity index is 2.74. The zero-order valence-corrected chi connectivity index (χ0v) is 12.1. The van der Waals surface area contributed by atoms with Crippen molar-refractivity contribution < 1.29 is 9.53 Å². The molecule has 1 aromatic rings. The summed E-state index contributed by atoms with van der Waals surface area (Å²) in [6.07, 6.45) is 0.760. The number of likely N-dealkylation sites (N-methyl/N-ethyl adjacent to an activating group) is 1. The van der Waals surface area contributed by atoms with Crippen molar-refractivity contribution in [3.05, 3.63) is 29.3 Å². The smallest absolute Gasteiger partial charge is 0.260 e. The van der Waals surface area contributed by atoms with E-state index in [4.69, 9.17) is 10.5 Å². The van der Waals surface area contributed by atoms with E-state index in [0.29, 0.717) is 19.6 Å². The maximum atomic E-state index is 11.9. The van der Waals surface area contributed by atoms with Gasteiger partial charge in [-0.2, -0.15) is 0 Å². The van der Waals surface area contributed by atoms with Crippen LogP contribution in [0.1, 0.15) is 25.0 Å². The van der Waals surface area contributed by atoms with Gasteiger partial charge in [-0.05, 0) is 44.9 Å². The monoisotopic (exact) mass is 264 g/mol. The van der Waals surface area contributed by atoms with Crippen LogP contribution in [0, 0.1) is 6.92 Å². The SMILES string of the molecule is CCN(CC)C(=O)COc1c(C)cccc1CCN. The van der Waals surface area contributed by atoms with E-state index in [-0.39, 0.29) is 12.5 Å². The van der Waals surface area contributed by atoms with Crippen LogP contribution in [0.4, 0.5) is 0 Å². The van der Waals surface area contributed by atoms with Crippen molar-refractivity contribution >= 4 is 5.91 Å². The van der Waals surface area contributed by atoms with Crippen molar-refractivity contribution in [3.63, 3.8) is 0 Å². The van der Waals surface area contributed by atoms with Gasteiger partial charge in [-0.15, -0.1) is 0 Å². The summed E-state index contributed by atoms with van der Waals surface area (Å²) in [5.74, 6) is 0.820. The average molecular weight is 264 g/mol. The summed E-state index contributed by atoms with van der Waals surface area (Å²) in [6, 6.07) is 5.97. The van der Waals surface area contributed by atoms with E-state index in [1.54, 1.807) is 4.90 Å². The summed E-state index contributed by atoms with van der Waals surface area (Å²) in [5.41, 5.74) is 7.70. The summed E-state index contributed by atoms with van der Waals surface area (Å²) >= 11 is 0. The molecule has 0 saturated heterocycles. The second-order valence-electron chi connectivity index (χ2n) is 4.46. The van der Waals surface area contributed by atoms with Crippen LogP contribution >= 0.6 is 0 Å². The van der Waals surface area contributed by atoms with E-state index < -0.39 is 0 Å². The van der Waals surface area contributed by atoms with E-state index in [1.165, 1.54) is 0 Å². The van der Waals surface area contributed by atoms with Gasteiger partial charge in [0.1, 0.15) is 5.75 Å². The number of nitrogens with zero attached hydrogens (tertiary/aromatic N) is 1. The van der Waals surface area contributed by atoms with E-state index in [2.05, 4.69) is 0 Å². The van der Waals surface area contributed by atoms with Crippen LogP contribution in [0.15, 0.2) is 18.2 Å². The molecule has 1 aromatic carbocycles. The van der Waals surface area contributed by atoms with Crippen LogP contribution in [-0.2, 0) is 11.2 Å². The van der Waals surface area contributed by atoms with Crippen LogP contribution in [0.25, 0.3) is 0 Å². The van der Waals surface area contributed by atoms with Crippen molar-refractivity contribution in [2.24, 2.45) is 5.73 Å². The lowest BCUT2D eigenvalue weighted by Crippen LogP contribution is -2.34. The Kier molecular flexibility index (Phi) is 6.36. The van der Waals surface area contributed by atoms with Gasteiger partial charge in [-0.1, -0.05) is 18.2 Å². The number of amides is 1. The average Bonchev–Trinajstić information content (AvgIpc) is 2.40. The number of rotatable bonds is 7. The van der Waals surface area contributed by atoms with Crippen molar-refractivity contribution in [1.82, 2.24) is 4.90 Å². The van der Waals surface area contributed by atoms with Crippen LogP contribution in [0.3, 0.4) is 0 Å². The second kappa shape index (κ2) is 7.79. The molecule has 4 nitrogen and oxygen atoms in total. The van der Waals surface area contributed by atoms with Crippen LogP contribution in [0.2, 0.25) is 0 Å². The third-order valence-corrected chi connectivity index (χ3v) is 3.16. The highest BCUT2D eigenvalue weighted by Gasteiger charge is 2.12. The Labute approximate surface area is 115 Å². The molecule has 106 valence electrons.